The van der Waals surface area contributed by atoms with E-state index in [0.29, 0.717) is 24.9 Å². The lowest BCUT2D eigenvalue weighted by Crippen LogP contribution is -2.46. The van der Waals surface area contributed by atoms with Gasteiger partial charge in [-0.15, -0.1) is 10.2 Å². The molecule has 0 spiro atoms. The van der Waals surface area contributed by atoms with Gasteiger partial charge in [-0.2, -0.15) is 0 Å². The highest BCUT2D eigenvalue weighted by molar-refractivity contribution is 8.00. The van der Waals surface area contributed by atoms with Crippen molar-refractivity contribution in [1.29, 1.82) is 0 Å². The van der Waals surface area contributed by atoms with Crippen molar-refractivity contribution in [3.8, 4) is 0 Å². The molecule has 1 aromatic heterocycles. The molecule has 2 aliphatic rings. The third kappa shape index (κ3) is 5.80. The number of morpholine rings is 1. The Morgan fingerprint density at radius 1 is 1.16 bits per heavy atom. The third-order valence-corrected chi connectivity index (χ3v) is 6.83. The summed E-state index contributed by atoms with van der Waals surface area (Å²) in [4.78, 5) is 27.0. The highest BCUT2D eigenvalue weighted by Gasteiger charge is 2.25. The molecule has 2 N–H and O–H groups in total. The highest BCUT2D eigenvalue weighted by atomic mass is 32.2. The maximum atomic E-state index is 12.6. The number of nitrogens with zero attached hydrogens (tertiary/aromatic N) is 4. The zero-order valence-corrected chi connectivity index (χ0v) is 19.1. The van der Waals surface area contributed by atoms with Crippen molar-refractivity contribution in [2.75, 3.05) is 31.2 Å². The normalized spacial score (nSPS) is 17.8. The van der Waals surface area contributed by atoms with Crippen LogP contribution in [0.25, 0.3) is 0 Å². The molecule has 0 radical (unpaired) electrons. The molecule has 1 unspecified atom stereocenters. The Hall–Kier alpha value is -2.59. The van der Waals surface area contributed by atoms with Crippen molar-refractivity contribution in [3.05, 3.63) is 35.9 Å². The number of carbonyl (C=O) groups is 2. The Kier molecular flexibility index (Phi) is 7.64. The van der Waals surface area contributed by atoms with Crippen LogP contribution in [0.15, 0.2) is 35.5 Å². The van der Waals surface area contributed by atoms with Crippen molar-refractivity contribution < 1.29 is 14.3 Å². The summed E-state index contributed by atoms with van der Waals surface area (Å²) in [5.41, 5.74) is 1.12. The van der Waals surface area contributed by atoms with Gasteiger partial charge in [-0.05, 0) is 25.3 Å². The fraction of sp³-hybridized carbons (Fsp3) is 0.545. The Labute approximate surface area is 192 Å². The van der Waals surface area contributed by atoms with E-state index in [1.807, 2.05) is 22.8 Å². The van der Waals surface area contributed by atoms with Crippen molar-refractivity contribution in [3.63, 3.8) is 0 Å². The number of hydrogen-bond acceptors (Lipinski definition) is 7. The van der Waals surface area contributed by atoms with E-state index in [1.165, 1.54) is 11.8 Å². The topological polar surface area (TPSA) is 101 Å². The summed E-state index contributed by atoms with van der Waals surface area (Å²) in [5.74, 6) is 0.430. The Morgan fingerprint density at radius 3 is 2.59 bits per heavy atom. The van der Waals surface area contributed by atoms with Gasteiger partial charge < -0.3 is 15.0 Å². The second-order valence-electron chi connectivity index (χ2n) is 8.16. The lowest BCUT2D eigenvalue weighted by molar-refractivity contribution is -0.119. The van der Waals surface area contributed by atoms with Crippen molar-refractivity contribution in [2.24, 2.45) is 0 Å². The van der Waals surface area contributed by atoms with Gasteiger partial charge in [0.2, 0.25) is 11.9 Å². The van der Waals surface area contributed by atoms with Gasteiger partial charge in [0.25, 0.3) is 0 Å². The first-order valence-electron chi connectivity index (χ1n) is 11.2. The third-order valence-electron chi connectivity index (χ3n) is 5.75. The number of ether oxygens (including phenoxy) is 1. The van der Waals surface area contributed by atoms with Crippen LogP contribution in [0, 0.1) is 0 Å². The van der Waals surface area contributed by atoms with Crippen LogP contribution in [0.5, 0.6) is 0 Å². The molecule has 0 bridgehead atoms. The molecule has 1 saturated heterocycles. The van der Waals surface area contributed by atoms with Gasteiger partial charge in [-0.3, -0.25) is 14.7 Å². The molecule has 1 aliphatic carbocycles. The number of hydrogen-bond donors (Lipinski definition) is 2. The molecular formula is C22H30N6O3S. The molecular weight excluding hydrogens is 428 g/mol. The smallest absolute Gasteiger partial charge is 0.321 e. The van der Waals surface area contributed by atoms with Crippen LogP contribution >= 0.6 is 11.8 Å². The average Bonchev–Trinajstić information content (AvgIpc) is 3.45. The van der Waals surface area contributed by atoms with E-state index in [2.05, 4.69) is 37.9 Å². The Morgan fingerprint density at radius 2 is 1.88 bits per heavy atom. The van der Waals surface area contributed by atoms with E-state index < -0.39 is 11.3 Å². The first-order chi connectivity index (χ1) is 15.6. The number of thioether (sulfide) groups is 1. The van der Waals surface area contributed by atoms with Gasteiger partial charge in [0.15, 0.2) is 5.16 Å². The van der Waals surface area contributed by atoms with E-state index in [1.54, 1.807) is 6.92 Å². The van der Waals surface area contributed by atoms with E-state index in [9.17, 15) is 9.59 Å². The second-order valence-corrected chi connectivity index (χ2v) is 9.47. The summed E-state index contributed by atoms with van der Waals surface area (Å²) in [6.45, 7) is 5.16. The molecule has 4 rings (SSSR count). The molecule has 10 heteroatoms. The van der Waals surface area contributed by atoms with Crippen LogP contribution in [0.3, 0.4) is 0 Å². The lowest BCUT2D eigenvalue weighted by atomic mass is 10.2. The number of benzene rings is 1. The van der Waals surface area contributed by atoms with Gasteiger partial charge >= 0.3 is 6.03 Å². The zero-order chi connectivity index (χ0) is 22.3. The van der Waals surface area contributed by atoms with Crippen LogP contribution in [-0.2, 0) is 16.1 Å². The largest absolute Gasteiger partial charge is 0.378 e. The molecule has 1 aromatic carbocycles. The van der Waals surface area contributed by atoms with E-state index >= 15 is 0 Å². The van der Waals surface area contributed by atoms with E-state index in [4.69, 9.17) is 4.74 Å². The predicted molar refractivity (Wildman–Crippen MR) is 123 cm³/mol. The van der Waals surface area contributed by atoms with Crippen molar-refractivity contribution >= 4 is 29.6 Å². The summed E-state index contributed by atoms with van der Waals surface area (Å²) in [7, 11) is 0. The van der Waals surface area contributed by atoms with Crippen molar-refractivity contribution in [2.45, 2.75) is 55.6 Å². The number of anilines is 1. The summed E-state index contributed by atoms with van der Waals surface area (Å²) in [6, 6.07) is 9.84. The maximum Gasteiger partial charge on any atom is 0.321 e. The summed E-state index contributed by atoms with van der Waals surface area (Å²) in [6.07, 6.45) is 4.18. The molecule has 9 nitrogen and oxygen atoms in total. The average molecular weight is 459 g/mol. The number of urea groups is 1. The van der Waals surface area contributed by atoms with Crippen LogP contribution in [-0.4, -0.2) is 64.3 Å². The quantitative estimate of drug-likeness (QED) is 0.615. The van der Waals surface area contributed by atoms with Gasteiger partial charge in [-0.25, -0.2) is 4.79 Å². The number of aromatic nitrogens is 3. The van der Waals surface area contributed by atoms with Crippen LogP contribution in [0.2, 0.25) is 0 Å². The minimum atomic E-state index is -0.499. The number of nitrogens with one attached hydrogen (secondary N) is 2. The van der Waals surface area contributed by atoms with Gasteiger partial charge in [-0.1, -0.05) is 54.9 Å². The Bertz CT molecular complexity index is 910. The monoisotopic (exact) mass is 458 g/mol. The number of imide groups is 1. The van der Waals surface area contributed by atoms with Gasteiger partial charge in [0.1, 0.15) is 0 Å². The number of rotatable bonds is 7. The highest BCUT2D eigenvalue weighted by Crippen LogP contribution is 2.27. The molecule has 1 saturated carbocycles. The molecule has 2 fully saturated rings. The standard InChI is InChI=1S/C22H30N6O3S/c1-16(19(29)24-20(30)23-18-9-5-6-10-18)32-22-26-25-21(27-11-13-31-14-12-27)28(22)15-17-7-3-2-4-8-17/h2-4,7-8,16,18H,5-6,9-15H2,1H3,(H2,23,24,29,30). The van der Waals surface area contributed by atoms with Crippen LogP contribution < -0.4 is 15.5 Å². The molecule has 2 heterocycles. The van der Waals surface area contributed by atoms with Gasteiger partial charge in [0, 0.05) is 19.1 Å². The van der Waals surface area contributed by atoms with Crippen LogP contribution in [0.1, 0.15) is 38.2 Å². The molecule has 32 heavy (non-hydrogen) atoms. The van der Waals surface area contributed by atoms with Crippen LogP contribution in [0.4, 0.5) is 10.7 Å². The fourth-order valence-electron chi connectivity index (χ4n) is 3.99. The summed E-state index contributed by atoms with van der Waals surface area (Å²) < 4.78 is 7.51. The van der Waals surface area contributed by atoms with Crippen molar-refractivity contribution in [1.82, 2.24) is 25.4 Å². The minimum Gasteiger partial charge on any atom is -0.378 e. The molecule has 172 valence electrons. The molecule has 3 amide bonds. The lowest BCUT2D eigenvalue weighted by Gasteiger charge is -2.28. The van der Waals surface area contributed by atoms with Gasteiger partial charge in [0.05, 0.1) is 25.0 Å². The molecule has 1 atom stereocenters. The van der Waals surface area contributed by atoms with E-state index in [-0.39, 0.29) is 11.9 Å². The second kappa shape index (κ2) is 10.8. The summed E-state index contributed by atoms with van der Waals surface area (Å²) >= 11 is 1.31. The zero-order valence-electron chi connectivity index (χ0n) is 18.3. The van der Waals surface area contributed by atoms with E-state index in [0.717, 1.165) is 50.3 Å². The maximum absolute atomic E-state index is 12.6. The predicted octanol–water partition coefficient (Wildman–Crippen LogP) is 2.41. The minimum absolute atomic E-state index is 0.163. The molecule has 2 aromatic rings. The fourth-order valence-corrected chi connectivity index (χ4v) is 4.83. The number of carbonyl (C=O) groups excluding carboxylic acids is 2. The molecule has 1 aliphatic heterocycles. The first-order valence-corrected chi connectivity index (χ1v) is 12.1. The SMILES string of the molecule is CC(Sc1nnc(N2CCOCC2)n1Cc1ccccc1)C(=O)NC(=O)NC1CCCC1. The Balaban J connectivity index is 1.44. The first kappa shape index (κ1) is 22.6. The number of amides is 3. The summed E-state index contributed by atoms with van der Waals surface area (Å²) in [5, 5.41) is 14.3.